The summed E-state index contributed by atoms with van der Waals surface area (Å²) in [5.74, 6) is -0.250. The van der Waals surface area contributed by atoms with Crippen LogP contribution in [0.5, 0.6) is 0 Å². The highest BCUT2D eigenvalue weighted by atomic mass is 35.5. The molecular formula is C23H29ClN2O2. The molecule has 2 aromatic carbocycles. The lowest BCUT2D eigenvalue weighted by molar-refractivity contribution is -0.140. The molecular weight excluding hydrogens is 372 g/mol. The first-order chi connectivity index (χ1) is 13.1. The van der Waals surface area contributed by atoms with Gasteiger partial charge in [-0.25, -0.2) is 0 Å². The summed E-state index contributed by atoms with van der Waals surface area (Å²) in [6.45, 7) is 9.89. The molecule has 0 unspecified atom stereocenters. The Labute approximate surface area is 172 Å². The van der Waals surface area contributed by atoms with Crippen molar-refractivity contribution in [3.05, 3.63) is 70.2 Å². The van der Waals surface area contributed by atoms with Gasteiger partial charge >= 0.3 is 0 Å². The summed E-state index contributed by atoms with van der Waals surface area (Å²) in [5, 5.41) is 3.61. The van der Waals surface area contributed by atoms with Gasteiger partial charge in [-0.15, -0.1) is 0 Å². The van der Waals surface area contributed by atoms with Crippen LogP contribution in [0, 0.1) is 6.92 Å². The Balaban J connectivity index is 2.26. The Hall–Kier alpha value is -2.33. The van der Waals surface area contributed by atoms with Crippen molar-refractivity contribution in [1.82, 2.24) is 10.2 Å². The minimum Gasteiger partial charge on any atom is -0.350 e. The summed E-state index contributed by atoms with van der Waals surface area (Å²) in [6.07, 6.45) is 0.257. The molecule has 0 aliphatic rings. The molecule has 0 spiro atoms. The van der Waals surface area contributed by atoms with Crippen LogP contribution in [0.3, 0.4) is 0 Å². The molecule has 2 amide bonds. The lowest BCUT2D eigenvalue weighted by Gasteiger charge is -2.31. The minimum absolute atomic E-state index is 0.0826. The average molecular weight is 401 g/mol. The van der Waals surface area contributed by atoms with Crippen molar-refractivity contribution in [3.63, 3.8) is 0 Å². The van der Waals surface area contributed by atoms with Crippen LogP contribution < -0.4 is 5.32 Å². The molecule has 0 saturated carbocycles. The normalized spacial score (nSPS) is 12.4. The van der Waals surface area contributed by atoms with Crippen LogP contribution in [0.1, 0.15) is 44.4 Å². The molecule has 5 heteroatoms. The van der Waals surface area contributed by atoms with E-state index in [1.807, 2.05) is 64.1 Å². The lowest BCUT2D eigenvalue weighted by Crippen LogP contribution is -2.52. The summed E-state index contributed by atoms with van der Waals surface area (Å²) in [7, 11) is 0. The molecule has 28 heavy (non-hydrogen) atoms. The van der Waals surface area contributed by atoms with Gasteiger partial charge in [-0.3, -0.25) is 9.59 Å². The fourth-order valence-corrected chi connectivity index (χ4v) is 3.04. The Morgan fingerprint density at radius 3 is 2.25 bits per heavy atom. The summed E-state index contributed by atoms with van der Waals surface area (Å²) < 4.78 is 0. The third-order valence-electron chi connectivity index (χ3n) is 4.53. The first kappa shape index (κ1) is 22.0. The Morgan fingerprint density at radius 2 is 1.68 bits per heavy atom. The van der Waals surface area contributed by atoms with E-state index in [9.17, 15) is 9.59 Å². The zero-order valence-corrected chi connectivity index (χ0v) is 18.0. The SMILES string of the molecule is Cc1ccccc1CC(=O)N(Cc1ccc(Cl)cc1)[C@H](C)C(=O)NC(C)(C)C. The highest BCUT2D eigenvalue weighted by Gasteiger charge is 2.28. The molecule has 0 heterocycles. The van der Waals surface area contributed by atoms with E-state index < -0.39 is 6.04 Å². The maximum Gasteiger partial charge on any atom is 0.242 e. The van der Waals surface area contributed by atoms with Crippen LogP contribution in [-0.2, 0) is 22.6 Å². The number of carbonyl (C=O) groups excluding carboxylic acids is 2. The number of benzene rings is 2. The van der Waals surface area contributed by atoms with E-state index in [0.29, 0.717) is 11.6 Å². The van der Waals surface area contributed by atoms with Gasteiger partial charge in [0.25, 0.3) is 0 Å². The van der Waals surface area contributed by atoms with Crippen molar-refractivity contribution in [1.29, 1.82) is 0 Å². The van der Waals surface area contributed by atoms with E-state index in [1.54, 1.807) is 24.0 Å². The largest absolute Gasteiger partial charge is 0.350 e. The van der Waals surface area contributed by atoms with Crippen LogP contribution in [0.4, 0.5) is 0 Å². The van der Waals surface area contributed by atoms with Gasteiger partial charge in [-0.1, -0.05) is 48.0 Å². The van der Waals surface area contributed by atoms with Crippen molar-refractivity contribution in [2.24, 2.45) is 0 Å². The second-order valence-corrected chi connectivity index (χ2v) is 8.60. The number of hydrogen-bond donors (Lipinski definition) is 1. The van der Waals surface area contributed by atoms with Gasteiger partial charge in [0.2, 0.25) is 11.8 Å². The molecule has 0 aliphatic carbocycles. The van der Waals surface area contributed by atoms with Gasteiger partial charge in [0.1, 0.15) is 6.04 Å². The van der Waals surface area contributed by atoms with E-state index in [2.05, 4.69) is 5.32 Å². The van der Waals surface area contributed by atoms with Crippen molar-refractivity contribution in [2.75, 3.05) is 0 Å². The predicted molar refractivity (Wildman–Crippen MR) is 114 cm³/mol. The molecule has 2 aromatic rings. The Bertz CT molecular complexity index is 825. The van der Waals surface area contributed by atoms with Crippen molar-refractivity contribution < 1.29 is 9.59 Å². The van der Waals surface area contributed by atoms with Crippen LogP contribution in [0.15, 0.2) is 48.5 Å². The zero-order valence-electron chi connectivity index (χ0n) is 17.3. The number of halogens is 1. The molecule has 0 bridgehead atoms. The van der Waals surface area contributed by atoms with E-state index in [1.165, 1.54) is 0 Å². The first-order valence-corrected chi connectivity index (χ1v) is 9.85. The topological polar surface area (TPSA) is 49.4 Å². The third kappa shape index (κ3) is 6.38. The molecule has 0 aromatic heterocycles. The molecule has 2 rings (SSSR count). The standard InChI is InChI=1S/C23H29ClN2O2/c1-16-8-6-7-9-19(16)14-21(27)26(15-18-10-12-20(24)13-11-18)17(2)22(28)25-23(3,4)5/h6-13,17H,14-15H2,1-5H3,(H,25,28)/t17-/m1/s1. The fourth-order valence-electron chi connectivity index (χ4n) is 2.92. The zero-order chi connectivity index (χ0) is 20.9. The van der Waals surface area contributed by atoms with Crippen LogP contribution >= 0.6 is 11.6 Å². The minimum atomic E-state index is -0.591. The summed E-state index contributed by atoms with van der Waals surface area (Å²) in [6, 6.07) is 14.6. The van der Waals surface area contributed by atoms with E-state index in [4.69, 9.17) is 11.6 Å². The second kappa shape index (κ2) is 9.24. The number of carbonyl (C=O) groups is 2. The predicted octanol–water partition coefficient (Wildman–Crippen LogP) is 4.52. The van der Waals surface area contributed by atoms with Gasteiger partial charge in [0, 0.05) is 17.1 Å². The molecule has 0 saturated heterocycles. The highest BCUT2D eigenvalue weighted by Crippen LogP contribution is 2.17. The van der Waals surface area contributed by atoms with Gasteiger partial charge in [0.15, 0.2) is 0 Å². The fraction of sp³-hybridized carbons (Fsp3) is 0.391. The molecule has 4 nitrogen and oxygen atoms in total. The summed E-state index contributed by atoms with van der Waals surface area (Å²) in [5.41, 5.74) is 2.60. The summed E-state index contributed by atoms with van der Waals surface area (Å²) >= 11 is 5.98. The smallest absolute Gasteiger partial charge is 0.242 e. The molecule has 0 radical (unpaired) electrons. The van der Waals surface area contributed by atoms with Gasteiger partial charge in [0.05, 0.1) is 6.42 Å². The molecule has 1 atom stereocenters. The number of hydrogen-bond acceptors (Lipinski definition) is 2. The van der Waals surface area contributed by atoms with Crippen molar-refractivity contribution in [3.8, 4) is 0 Å². The molecule has 0 aliphatic heterocycles. The van der Waals surface area contributed by atoms with Crippen molar-refractivity contribution >= 4 is 23.4 Å². The number of rotatable bonds is 6. The monoisotopic (exact) mass is 400 g/mol. The molecule has 0 fully saturated rings. The van der Waals surface area contributed by atoms with Gasteiger partial charge in [-0.05, 0) is 63.4 Å². The highest BCUT2D eigenvalue weighted by molar-refractivity contribution is 6.30. The van der Waals surface area contributed by atoms with E-state index in [0.717, 1.165) is 16.7 Å². The first-order valence-electron chi connectivity index (χ1n) is 9.47. The number of nitrogens with zero attached hydrogens (tertiary/aromatic N) is 1. The van der Waals surface area contributed by atoms with Gasteiger partial charge < -0.3 is 10.2 Å². The maximum absolute atomic E-state index is 13.2. The number of aryl methyl sites for hydroxylation is 1. The maximum atomic E-state index is 13.2. The average Bonchev–Trinajstić information content (AvgIpc) is 2.61. The Kier molecular flexibility index (Phi) is 7.25. The summed E-state index contributed by atoms with van der Waals surface area (Å²) in [4.78, 5) is 27.5. The van der Waals surface area contributed by atoms with Crippen molar-refractivity contribution in [2.45, 2.75) is 59.2 Å². The van der Waals surface area contributed by atoms with Crippen LogP contribution in [-0.4, -0.2) is 28.3 Å². The lowest BCUT2D eigenvalue weighted by atomic mass is 10.0. The van der Waals surface area contributed by atoms with Crippen LogP contribution in [0.25, 0.3) is 0 Å². The van der Waals surface area contributed by atoms with Gasteiger partial charge in [-0.2, -0.15) is 0 Å². The number of amides is 2. The Morgan fingerprint density at radius 1 is 1.07 bits per heavy atom. The second-order valence-electron chi connectivity index (χ2n) is 8.17. The number of nitrogens with one attached hydrogen (secondary N) is 1. The molecule has 150 valence electrons. The quantitative estimate of drug-likeness (QED) is 0.774. The third-order valence-corrected chi connectivity index (χ3v) is 4.79. The molecule has 1 N–H and O–H groups in total. The van der Waals surface area contributed by atoms with E-state index >= 15 is 0 Å². The van der Waals surface area contributed by atoms with E-state index in [-0.39, 0.29) is 23.8 Å². The van der Waals surface area contributed by atoms with Crippen LogP contribution in [0.2, 0.25) is 5.02 Å².